The zero-order chi connectivity index (χ0) is 11.5. The molecule has 0 heterocycles. The van der Waals surface area contributed by atoms with E-state index in [2.05, 4.69) is 31.2 Å². The van der Waals surface area contributed by atoms with Crippen LogP contribution in [0, 0.1) is 0 Å². The van der Waals surface area contributed by atoms with Gasteiger partial charge in [0.25, 0.3) is 0 Å². The predicted octanol–water partition coefficient (Wildman–Crippen LogP) is 4.27. The van der Waals surface area contributed by atoms with Crippen LogP contribution >= 0.6 is 0 Å². The summed E-state index contributed by atoms with van der Waals surface area (Å²) in [7, 11) is 0. The van der Waals surface area contributed by atoms with Crippen molar-refractivity contribution in [3.63, 3.8) is 0 Å². The van der Waals surface area contributed by atoms with E-state index >= 15 is 0 Å². The summed E-state index contributed by atoms with van der Waals surface area (Å²) in [5.74, 6) is 0. The van der Waals surface area contributed by atoms with Gasteiger partial charge in [0.15, 0.2) is 0 Å². The van der Waals surface area contributed by atoms with Gasteiger partial charge in [-0.1, -0.05) is 45.1 Å². The Morgan fingerprint density at radius 3 is 2.47 bits per heavy atom. The third-order valence-electron chi connectivity index (χ3n) is 2.16. The molecule has 0 radical (unpaired) electrons. The maximum atomic E-state index is 3.82. The van der Waals surface area contributed by atoms with Crippen molar-refractivity contribution in [3.05, 3.63) is 49.4 Å². The predicted molar refractivity (Wildman–Crippen MR) is 69.5 cm³/mol. The van der Waals surface area contributed by atoms with Crippen molar-refractivity contribution < 1.29 is 0 Å². The lowest BCUT2D eigenvalue weighted by molar-refractivity contribution is 0.453. The summed E-state index contributed by atoms with van der Waals surface area (Å²) in [6.07, 6.45) is 13.5. The lowest BCUT2D eigenvalue weighted by Gasteiger charge is -2.21. The molecule has 0 aromatic carbocycles. The summed E-state index contributed by atoms with van der Waals surface area (Å²) >= 11 is 0. The molecule has 1 nitrogen and oxygen atoms in total. The van der Waals surface area contributed by atoms with Crippen LogP contribution in [-0.4, -0.2) is 11.4 Å². The molecule has 0 N–H and O–H groups in total. The van der Waals surface area contributed by atoms with E-state index in [9.17, 15) is 0 Å². The van der Waals surface area contributed by atoms with Gasteiger partial charge < -0.3 is 4.90 Å². The summed E-state index contributed by atoms with van der Waals surface area (Å²) in [5.41, 5.74) is 1.11. The maximum Gasteiger partial charge on any atom is 0.0399 e. The standard InChI is InChI=1S/C14H23N/c1-5-9-10-13-15(12-7-3)14(8-4)11-6-2/h6-8,11-12H,2,4-5,9-10,13H2,1,3H3/b12-7+,14-11+. The van der Waals surface area contributed by atoms with E-state index in [4.69, 9.17) is 0 Å². The van der Waals surface area contributed by atoms with Gasteiger partial charge in [-0.2, -0.15) is 0 Å². The molecule has 84 valence electrons. The van der Waals surface area contributed by atoms with Crippen LogP contribution in [0.4, 0.5) is 0 Å². The van der Waals surface area contributed by atoms with Crippen LogP contribution in [0.1, 0.15) is 33.1 Å². The molecule has 0 unspecified atom stereocenters. The zero-order valence-corrected chi connectivity index (χ0v) is 10.1. The fourth-order valence-corrected chi connectivity index (χ4v) is 1.40. The van der Waals surface area contributed by atoms with Crippen molar-refractivity contribution in [2.45, 2.75) is 33.1 Å². The van der Waals surface area contributed by atoms with Gasteiger partial charge in [0.2, 0.25) is 0 Å². The molecule has 0 aliphatic rings. The van der Waals surface area contributed by atoms with E-state index in [1.165, 1.54) is 19.3 Å². The molecular formula is C14H23N. The van der Waals surface area contributed by atoms with Crippen molar-refractivity contribution >= 4 is 0 Å². The van der Waals surface area contributed by atoms with E-state index in [1.807, 2.05) is 25.2 Å². The number of nitrogens with zero attached hydrogens (tertiary/aromatic N) is 1. The van der Waals surface area contributed by atoms with Crippen molar-refractivity contribution in [2.24, 2.45) is 0 Å². The Balaban J connectivity index is 4.41. The second kappa shape index (κ2) is 9.32. The summed E-state index contributed by atoms with van der Waals surface area (Å²) in [5, 5.41) is 0. The Morgan fingerprint density at radius 2 is 2.00 bits per heavy atom. The lowest BCUT2D eigenvalue weighted by atomic mass is 10.2. The molecule has 0 fully saturated rings. The smallest absolute Gasteiger partial charge is 0.0399 e. The molecule has 0 aromatic rings. The number of unbranched alkanes of at least 4 members (excludes halogenated alkanes) is 2. The van der Waals surface area contributed by atoms with Crippen LogP contribution in [-0.2, 0) is 0 Å². The SMILES string of the molecule is C=C/C=C(\C=C)N(/C=C/C)CCCCC. The highest BCUT2D eigenvalue weighted by Gasteiger charge is 2.01. The molecule has 0 aromatic heterocycles. The molecule has 0 spiro atoms. The Labute approximate surface area is 94.5 Å². The fourth-order valence-electron chi connectivity index (χ4n) is 1.40. The summed E-state index contributed by atoms with van der Waals surface area (Å²) in [4.78, 5) is 2.21. The average molecular weight is 205 g/mol. The van der Waals surface area contributed by atoms with Gasteiger partial charge in [0.05, 0.1) is 0 Å². The highest BCUT2D eigenvalue weighted by atomic mass is 15.1. The van der Waals surface area contributed by atoms with E-state index in [-0.39, 0.29) is 0 Å². The lowest BCUT2D eigenvalue weighted by Crippen LogP contribution is -2.16. The molecule has 0 rings (SSSR count). The first kappa shape index (κ1) is 13.8. The van der Waals surface area contributed by atoms with E-state index < -0.39 is 0 Å². The van der Waals surface area contributed by atoms with Crippen LogP contribution in [0.3, 0.4) is 0 Å². The molecular weight excluding hydrogens is 182 g/mol. The highest BCUT2D eigenvalue weighted by molar-refractivity contribution is 5.21. The van der Waals surface area contributed by atoms with Gasteiger partial charge in [0.1, 0.15) is 0 Å². The molecule has 0 saturated heterocycles. The minimum absolute atomic E-state index is 1.05. The van der Waals surface area contributed by atoms with Crippen molar-refractivity contribution in [1.29, 1.82) is 0 Å². The molecule has 0 amide bonds. The topological polar surface area (TPSA) is 3.24 Å². The molecule has 0 atom stereocenters. The van der Waals surface area contributed by atoms with Crippen LogP contribution in [0.15, 0.2) is 49.4 Å². The Hall–Kier alpha value is -1.24. The van der Waals surface area contributed by atoms with Gasteiger partial charge in [-0.3, -0.25) is 0 Å². The van der Waals surface area contributed by atoms with E-state index in [1.54, 1.807) is 6.08 Å². The highest BCUT2D eigenvalue weighted by Crippen LogP contribution is 2.09. The van der Waals surface area contributed by atoms with Gasteiger partial charge in [-0.25, -0.2) is 0 Å². The van der Waals surface area contributed by atoms with Crippen LogP contribution in [0.25, 0.3) is 0 Å². The average Bonchev–Trinajstić information content (AvgIpc) is 2.25. The van der Waals surface area contributed by atoms with Gasteiger partial charge in [-0.05, 0) is 31.7 Å². The van der Waals surface area contributed by atoms with Gasteiger partial charge in [0, 0.05) is 12.2 Å². The Morgan fingerprint density at radius 1 is 1.27 bits per heavy atom. The van der Waals surface area contributed by atoms with Crippen molar-refractivity contribution in [3.8, 4) is 0 Å². The first-order chi connectivity index (χ1) is 7.29. The minimum atomic E-state index is 1.05. The Kier molecular flexibility index (Phi) is 8.55. The van der Waals surface area contributed by atoms with Crippen LogP contribution in [0.2, 0.25) is 0 Å². The first-order valence-corrected chi connectivity index (χ1v) is 5.64. The quantitative estimate of drug-likeness (QED) is 0.422. The molecule has 0 saturated carbocycles. The monoisotopic (exact) mass is 205 g/mol. The molecule has 0 aliphatic heterocycles. The number of hydrogen-bond donors (Lipinski definition) is 0. The number of hydrogen-bond acceptors (Lipinski definition) is 1. The fraction of sp³-hybridized carbons (Fsp3) is 0.429. The normalized spacial score (nSPS) is 11.7. The molecule has 0 bridgehead atoms. The van der Waals surface area contributed by atoms with E-state index in [0.29, 0.717) is 0 Å². The largest absolute Gasteiger partial charge is 0.348 e. The summed E-state index contributed by atoms with van der Waals surface area (Å²) in [6, 6.07) is 0. The molecule has 1 heteroatoms. The second-order valence-electron chi connectivity index (χ2n) is 3.41. The number of rotatable bonds is 8. The van der Waals surface area contributed by atoms with Crippen LogP contribution < -0.4 is 0 Å². The second-order valence-corrected chi connectivity index (χ2v) is 3.41. The third kappa shape index (κ3) is 5.95. The van der Waals surface area contributed by atoms with Gasteiger partial charge >= 0.3 is 0 Å². The van der Waals surface area contributed by atoms with Crippen LogP contribution in [0.5, 0.6) is 0 Å². The van der Waals surface area contributed by atoms with Crippen molar-refractivity contribution in [1.82, 2.24) is 4.90 Å². The zero-order valence-electron chi connectivity index (χ0n) is 10.1. The molecule has 0 aliphatic carbocycles. The van der Waals surface area contributed by atoms with Crippen molar-refractivity contribution in [2.75, 3.05) is 6.54 Å². The minimum Gasteiger partial charge on any atom is -0.348 e. The maximum absolute atomic E-state index is 3.82. The summed E-state index contributed by atoms with van der Waals surface area (Å²) in [6.45, 7) is 12.8. The molecule has 15 heavy (non-hydrogen) atoms. The third-order valence-corrected chi connectivity index (χ3v) is 2.16. The van der Waals surface area contributed by atoms with E-state index in [0.717, 1.165) is 12.2 Å². The first-order valence-electron chi connectivity index (χ1n) is 5.64. The Bertz CT molecular complexity index is 236. The number of allylic oxidation sites excluding steroid dienone is 4. The van der Waals surface area contributed by atoms with Gasteiger partial charge in [-0.15, -0.1) is 0 Å². The summed E-state index contributed by atoms with van der Waals surface area (Å²) < 4.78 is 0.